The van der Waals surface area contributed by atoms with Gasteiger partial charge in [0.1, 0.15) is 0 Å². The molecular formula is C14H24N2O2. The van der Waals surface area contributed by atoms with E-state index in [-0.39, 0.29) is 6.04 Å². The van der Waals surface area contributed by atoms with Gasteiger partial charge < -0.3 is 15.6 Å². The van der Waals surface area contributed by atoms with E-state index in [1.807, 2.05) is 19.2 Å². The highest BCUT2D eigenvalue weighted by atomic mass is 16.5. The van der Waals surface area contributed by atoms with Crippen LogP contribution in [0, 0.1) is 6.92 Å². The molecule has 3 N–H and O–H groups in total. The number of hydrogen-bond acceptors (Lipinski definition) is 4. The number of rotatable bonds is 7. The van der Waals surface area contributed by atoms with Crippen molar-refractivity contribution < 1.29 is 9.84 Å². The molecule has 0 aliphatic rings. The molecule has 0 heterocycles. The van der Waals surface area contributed by atoms with E-state index in [4.69, 9.17) is 10.5 Å². The molecule has 102 valence electrons. The fourth-order valence-corrected chi connectivity index (χ4v) is 2.21. The first-order valence-corrected chi connectivity index (χ1v) is 6.23. The van der Waals surface area contributed by atoms with E-state index in [0.717, 1.165) is 0 Å². The van der Waals surface area contributed by atoms with Gasteiger partial charge in [-0.1, -0.05) is 24.3 Å². The van der Waals surface area contributed by atoms with E-state index in [0.29, 0.717) is 19.7 Å². The molecule has 1 aromatic rings. The number of aliphatic hydroxyl groups is 1. The molecular weight excluding hydrogens is 228 g/mol. The second kappa shape index (κ2) is 7.48. The van der Waals surface area contributed by atoms with Gasteiger partial charge in [0.05, 0.1) is 12.7 Å². The zero-order valence-corrected chi connectivity index (χ0v) is 11.5. The number of ether oxygens (including phenoxy) is 1. The summed E-state index contributed by atoms with van der Waals surface area (Å²) in [5.41, 5.74) is 8.31. The number of methoxy groups -OCH3 is 1. The predicted molar refractivity (Wildman–Crippen MR) is 73.5 cm³/mol. The van der Waals surface area contributed by atoms with Crippen LogP contribution in [0.1, 0.15) is 17.2 Å². The molecule has 1 rings (SSSR count). The van der Waals surface area contributed by atoms with Crippen LogP contribution in [0.15, 0.2) is 24.3 Å². The summed E-state index contributed by atoms with van der Waals surface area (Å²) in [6.07, 6.45) is -0.488. The van der Waals surface area contributed by atoms with Gasteiger partial charge in [-0.05, 0) is 25.1 Å². The molecule has 4 nitrogen and oxygen atoms in total. The SMILES string of the molecule is COCC(O)CN(C)C(CN)c1ccccc1C. The Hall–Kier alpha value is -0.940. The zero-order chi connectivity index (χ0) is 13.5. The Balaban J connectivity index is 2.74. The van der Waals surface area contributed by atoms with Gasteiger partial charge in [-0.15, -0.1) is 0 Å². The third-order valence-electron chi connectivity index (χ3n) is 3.16. The molecule has 0 spiro atoms. The number of hydrogen-bond donors (Lipinski definition) is 2. The van der Waals surface area contributed by atoms with Crippen molar-refractivity contribution in [2.45, 2.75) is 19.1 Å². The minimum absolute atomic E-state index is 0.123. The van der Waals surface area contributed by atoms with Gasteiger partial charge in [0, 0.05) is 26.2 Å². The van der Waals surface area contributed by atoms with Crippen molar-refractivity contribution in [2.24, 2.45) is 5.73 Å². The fourth-order valence-electron chi connectivity index (χ4n) is 2.21. The Bertz CT molecular complexity index is 357. The van der Waals surface area contributed by atoms with Crippen molar-refractivity contribution in [1.29, 1.82) is 0 Å². The zero-order valence-electron chi connectivity index (χ0n) is 11.5. The van der Waals surface area contributed by atoms with Crippen LogP contribution in [0.25, 0.3) is 0 Å². The standard InChI is InChI=1S/C14H24N2O2/c1-11-6-4-5-7-13(11)14(8-15)16(2)9-12(17)10-18-3/h4-7,12,14,17H,8-10,15H2,1-3H3. The third-order valence-corrected chi connectivity index (χ3v) is 3.16. The first-order valence-electron chi connectivity index (χ1n) is 6.23. The van der Waals surface area contributed by atoms with Gasteiger partial charge in [-0.3, -0.25) is 4.90 Å². The van der Waals surface area contributed by atoms with Gasteiger partial charge in [-0.2, -0.15) is 0 Å². The van der Waals surface area contributed by atoms with Crippen molar-refractivity contribution in [2.75, 3.05) is 33.9 Å². The average molecular weight is 252 g/mol. The molecule has 0 aromatic heterocycles. The van der Waals surface area contributed by atoms with Crippen LogP contribution in [0.5, 0.6) is 0 Å². The third kappa shape index (κ3) is 4.07. The Kier molecular flexibility index (Phi) is 6.29. The van der Waals surface area contributed by atoms with Crippen LogP contribution < -0.4 is 5.73 Å². The molecule has 0 radical (unpaired) electrons. The predicted octanol–water partition coefficient (Wildman–Crippen LogP) is 0.934. The summed E-state index contributed by atoms with van der Waals surface area (Å²) in [4.78, 5) is 2.08. The van der Waals surface area contributed by atoms with E-state index in [1.165, 1.54) is 11.1 Å². The summed E-state index contributed by atoms with van der Waals surface area (Å²) in [7, 11) is 3.56. The van der Waals surface area contributed by atoms with Crippen LogP contribution in [0.3, 0.4) is 0 Å². The Morgan fingerprint density at radius 3 is 2.61 bits per heavy atom. The summed E-state index contributed by atoms with van der Waals surface area (Å²) in [6.45, 7) is 3.50. The van der Waals surface area contributed by atoms with E-state index in [1.54, 1.807) is 7.11 Å². The number of aliphatic hydroxyl groups excluding tert-OH is 1. The number of aryl methyl sites for hydroxylation is 1. The molecule has 1 aromatic carbocycles. The topological polar surface area (TPSA) is 58.7 Å². The van der Waals surface area contributed by atoms with Gasteiger partial charge >= 0.3 is 0 Å². The van der Waals surface area contributed by atoms with Crippen molar-refractivity contribution >= 4 is 0 Å². The van der Waals surface area contributed by atoms with Crippen LogP contribution in [-0.4, -0.2) is 50.0 Å². The van der Waals surface area contributed by atoms with Gasteiger partial charge in [0.2, 0.25) is 0 Å². The van der Waals surface area contributed by atoms with Crippen LogP contribution >= 0.6 is 0 Å². The van der Waals surface area contributed by atoms with Gasteiger partial charge in [0.25, 0.3) is 0 Å². The summed E-state index contributed by atoms with van der Waals surface area (Å²) in [6, 6.07) is 8.33. The molecule has 0 aliphatic heterocycles. The number of likely N-dealkylation sites (N-methyl/N-ethyl adjacent to an activating group) is 1. The van der Waals surface area contributed by atoms with Crippen LogP contribution in [0.2, 0.25) is 0 Å². The maximum absolute atomic E-state index is 9.77. The highest BCUT2D eigenvalue weighted by Gasteiger charge is 2.19. The molecule has 0 fully saturated rings. The Morgan fingerprint density at radius 2 is 2.06 bits per heavy atom. The highest BCUT2D eigenvalue weighted by molar-refractivity contribution is 5.29. The maximum atomic E-state index is 9.77. The summed E-state index contributed by atoms with van der Waals surface area (Å²) >= 11 is 0. The largest absolute Gasteiger partial charge is 0.389 e. The van der Waals surface area contributed by atoms with E-state index >= 15 is 0 Å². The molecule has 2 atom stereocenters. The first-order chi connectivity index (χ1) is 8.60. The molecule has 0 bridgehead atoms. The lowest BCUT2D eigenvalue weighted by atomic mass is 10.00. The average Bonchev–Trinajstić information content (AvgIpc) is 2.32. The van der Waals surface area contributed by atoms with E-state index in [9.17, 15) is 5.11 Å². The van der Waals surface area contributed by atoms with Gasteiger partial charge in [-0.25, -0.2) is 0 Å². The monoisotopic (exact) mass is 252 g/mol. The minimum Gasteiger partial charge on any atom is -0.389 e. The number of benzene rings is 1. The summed E-state index contributed by atoms with van der Waals surface area (Å²) < 4.78 is 4.94. The highest BCUT2D eigenvalue weighted by Crippen LogP contribution is 2.21. The molecule has 0 saturated heterocycles. The second-order valence-electron chi connectivity index (χ2n) is 4.66. The molecule has 0 amide bonds. The van der Waals surface area contributed by atoms with Crippen molar-refractivity contribution in [1.82, 2.24) is 4.90 Å². The lowest BCUT2D eigenvalue weighted by Gasteiger charge is -2.30. The molecule has 0 aliphatic carbocycles. The molecule has 0 saturated carbocycles. The van der Waals surface area contributed by atoms with Gasteiger partial charge in [0.15, 0.2) is 0 Å². The smallest absolute Gasteiger partial charge is 0.0900 e. The van der Waals surface area contributed by atoms with E-state index < -0.39 is 6.10 Å². The van der Waals surface area contributed by atoms with E-state index in [2.05, 4.69) is 24.0 Å². The summed E-state index contributed by atoms with van der Waals surface area (Å²) in [5.74, 6) is 0. The second-order valence-corrected chi connectivity index (χ2v) is 4.66. The quantitative estimate of drug-likeness (QED) is 0.758. The minimum atomic E-state index is -0.488. The number of nitrogens with zero attached hydrogens (tertiary/aromatic N) is 1. The number of nitrogens with two attached hydrogens (primary N) is 1. The molecule has 18 heavy (non-hydrogen) atoms. The Labute approximate surface area is 109 Å². The normalized spacial score (nSPS) is 14.8. The van der Waals surface area contributed by atoms with Crippen molar-refractivity contribution in [3.05, 3.63) is 35.4 Å². The van der Waals surface area contributed by atoms with Crippen LogP contribution in [0.4, 0.5) is 0 Å². The lowest BCUT2D eigenvalue weighted by molar-refractivity contribution is 0.0347. The molecule has 4 heteroatoms. The molecule has 2 unspecified atom stereocenters. The maximum Gasteiger partial charge on any atom is 0.0900 e. The van der Waals surface area contributed by atoms with Crippen LogP contribution in [-0.2, 0) is 4.74 Å². The summed E-state index contributed by atoms with van der Waals surface area (Å²) in [5, 5.41) is 9.77. The van der Waals surface area contributed by atoms with Crippen molar-refractivity contribution in [3.8, 4) is 0 Å². The Morgan fingerprint density at radius 1 is 1.39 bits per heavy atom. The first kappa shape index (κ1) is 15.1. The van der Waals surface area contributed by atoms with Crippen molar-refractivity contribution in [3.63, 3.8) is 0 Å². The lowest BCUT2D eigenvalue weighted by Crippen LogP contribution is -2.38. The fraction of sp³-hybridized carbons (Fsp3) is 0.571.